The lowest BCUT2D eigenvalue weighted by Crippen LogP contribution is -2.04. The van der Waals surface area contributed by atoms with E-state index in [9.17, 15) is 18.0 Å². The molecule has 0 radical (unpaired) electrons. The number of rotatable bonds is 6. The van der Waals surface area contributed by atoms with Gasteiger partial charge in [0.25, 0.3) is 0 Å². The molecule has 0 aliphatic rings. The quantitative estimate of drug-likeness (QED) is 0.387. The molecule has 0 amide bonds. The standard InChI is InChI=1S/C23H21F3O2S2/c1-4-18(19-9-10-20(30-19)22(27)28)29-17-11-13(2)21(14(3)12-17)15-5-7-16(8-6-15)23(24,25)26/h5-12,18H,4H2,1-3H3,(H,27,28)/t18-/m1/s1. The number of aryl methyl sites for hydroxylation is 2. The minimum atomic E-state index is -4.35. The summed E-state index contributed by atoms with van der Waals surface area (Å²) in [6.45, 7) is 5.98. The first-order valence-corrected chi connectivity index (χ1v) is 11.1. The number of aromatic carboxylic acids is 1. The van der Waals surface area contributed by atoms with Crippen LogP contribution in [0.2, 0.25) is 0 Å². The molecule has 3 rings (SSSR count). The lowest BCUT2D eigenvalue weighted by molar-refractivity contribution is -0.137. The van der Waals surface area contributed by atoms with Crippen molar-refractivity contribution in [3.63, 3.8) is 0 Å². The van der Waals surface area contributed by atoms with Crippen LogP contribution in [-0.4, -0.2) is 11.1 Å². The van der Waals surface area contributed by atoms with E-state index in [0.717, 1.165) is 50.6 Å². The van der Waals surface area contributed by atoms with Gasteiger partial charge in [0.05, 0.1) is 5.56 Å². The summed E-state index contributed by atoms with van der Waals surface area (Å²) in [6.07, 6.45) is -3.50. The summed E-state index contributed by atoms with van der Waals surface area (Å²) in [6, 6.07) is 12.8. The predicted octanol–water partition coefficient (Wildman–Crippen LogP) is 7.99. The van der Waals surface area contributed by atoms with Gasteiger partial charge in [-0.3, -0.25) is 0 Å². The molecule has 3 aromatic rings. The first-order valence-electron chi connectivity index (χ1n) is 9.38. The van der Waals surface area contributed by atoms with Crippen molar-refractivity contribution in [1.82, 2.24) is 0 Å². The molecule has 0 saturated carbocycles. The highest BCUT2D eigenvalue weighted by atomic mass is 32.2. The fourth-order valence-electron chi connectivity index (χ4n) is 3.42. The third-order valence-corrected chi connectivity index (χ3v) is 7.53. The molecular formula is C23H21F3O2S2. The van der Waals surface area contributed by atoms with E-state index < -0.39 is 17.7 Å². The molecule has 0 bridgehead atoms. The van der Waals surface area contributed by atoms with E-state index in [2.05, 4.69) is 6.92 Å². The molecule has 1 heterocycles. The lowest BCUT2D eigenvalue weighted by atomic mass is 9.95. The molecule has 0 saturated heterocycles. The maximum atomic E-state index is 12.8. The Morgan fingerprint density at radius 1 is 1.07 bits per heavy atom. The van der Waals surface area contributed by atoms with Crippen LogP contribution in [0, 0.1) is 13.8 Å². The Labute approximate surface area is 181 Å². The van der Waals surface area contributed by atoms with Gasteiger partial charge in [0.15, 0.2) is 0 Å². The van der Waals surface area contributed by atoms with Crippen molar-refractivity contribution in [3.05, 3.63) is 75.0 Å². The maximum Gasteiger partial charge on any atom is 0.416 e. The summed E-state index contributed by atoms with van der Waals surface area (Å²) in [7, 11) is 0. The lowest BCUT2D eigenvalue weighted by Gasteiger charge is -2.17. The second-order valence-electron chi connectivity index (χ2n) is 7.03. The molecule has 7 heteroatoms. The highest BCUT2D eigenvalue weighted by Gasteiger charge is 2.30. The normalized spacial score (nSPS) is 12.7. The number of carboxylic acids is 1. The molecule has 2 aromatic carbocycles. The molecule has 1 N–H and O–H groups in total. The van der Waals surface area contributed by atoms with Gasteiger partial charge in [0.2, 0.25) is 0 Å². The molecule has 158 valence electrons. The Kier molecular flexibility index (Phi) is 6.62. The molecule has 0 aliphatic carbocycles. The third kappa shape index (κ3) is 4.90. The Balaban J connectivity index is 1.87. The van der Waals surface area contributed by atoms with E-state index in [1.165, 1.54) is 23.5 Å². The minimum absolute atomic E-state index is 0.138. The average Bonchev–Trinajstić information content (AvgIpc) is 3.15. The zero-order valence-electron chi connectivity index (χ0n) is 16.7. The van der Waals surface area contributed by atoms with Crippen LogP contribution in [0.1, 0.15) is 49.8 Å². The van der Waals surface area contributed by atoms with E-state index in [1.807, 2.05) is 32.0 Å². The average molecular weight is 451 g/mol. The summed E-state index contributed by atoms with van der Waals surface area (Å²) in [5.41, 5.74) is 3.02. The number of thioether (sulfide) groups is 1. The second kappa shape index (κ2) is 8.86. The van der Waals surface area contributed by atoms with Crippen molar-refractivity contribution >= 4 is 29.1 Å². The topological polar surface area (TPSA) is 37.3 Å². The van der Waals surface area contributed by atoms with Crippen LogP contribution in [0.15, 0.2) is 53.4 Å². The van der Waals surface area contributed by atoms with E-state index in [-0.39, 0.29) is 5.25 Å². The van der Waals surface area contributed by atoms with Gasteiger partial charge < -0.3 is 5.11 Å². The summed E-state index contributed by atoms with van der Waals surface area (Å²) >= 11 is 2.97. The number of hydrogen-bond donors (Lipinski definition) is 1. The van der Waals surface area contributed by atoms with Crippen LogP contribution >= 0.6 is 23.1 Å². The molecule has 0 spiro atoms. The summed E-state index contributed by atoms with van der Waals surface area (Å²) in [5, 5.41) is 9.29. The number of carbonyl (C=O) groups is 1. The Morgan fingerprint density at radius 2 is 1.67 bits per heavy atom. The zero-order chi connectivity index (χ0) is 22.1. The van der Waals surface area contributed by atoms with Gasteiger partial charge in [-0.25, -0.2) is 4.79 Å². The van der Waals surface area contributed by atoms with Crippen LogP contribution in [0.4, 0.5) is 13.2 Å². The Morgan fingerprint density at radius 3 is 2.13 bits per heavy atom. The van der Waals surface area contributed by atoms with Crippen LogP contribution in [0.5, 0.6) is 0 Å². The van der Waals surface area contributed by atoms with Crippen molar-refractivity contribution < 1.29 is 23.1 Å². The molecule has 1 atom stereocenters. The Hall–Kier alpha value is -2.25. The van der Waals surface area contributed by atoms with Crippen LogP contribution < -0.4 is 0 Å². The highest BCUT2D eigenvalue weighted by Crippen LogP contribution is 2.42. The van der Waals surface area contributed by atoms with Gasteiger partial charge in [-0.05, 0) is 78.9 Å². The number of benzene rings is 2. The fraction of sp³-hybridized carbons (Fsp3) is 0.261. The fourth-order valence-corrected chi connectivity index (χ4v) is 5.80. The van der Waals surface area contributed by atoms with E-state index in [0.29, 0.717) is 4.88 Å². The summed E-state index contributed by atoms with van der Waals surface area (Å²) in [4.78, 5) is 13.6. The van der Waals surface area contributed by atoms with E-state index >= 15 is 0 Å². The molecule has 0 fully saturated rings. The van der Waals surface area contributed by atoms with Gasteiger partial charge >= 0.3 is 12.1 Å². The van der Waals surface area contributed by atoms with Crippen LogP contribution in [0.25, 0.3) is 11.1 Å². The van der Waals surface area contributed by atoms with Crippen molar-refractivity contribution in [2.24, 2.45) is 0 Å². The Bertz CT molecular complexity index is 1030. The smallest absolute Gasteiger partial charge is 0.416 e. The first kappa shape index (κ1) is 22.4. The molecule has 2 nitrogen and oxygen atoms in total. The van der Waals surface area contributed by atoms with Crippen molar-refractivity contribution in [2.45, 2.75) is 43.5 Å². The molecule has 30 heavy (non-hydrogen) atoms. The highest BCUT2D eigenvalue weighted by molar-refractivity contribution is 7.99. The number of alkyl halides is 3. The van der Waals surface area contributed by atoms with Crippen molar-refractivity contribution in [3.8, 4) is 11.1 Å². The van der Waals surface area contributed by atoms with Crippen LogP contribution in [-0.2, 0) is 6.18 Å². The monoisotopic (exact) mass is 450 g/mol. The molecule has 0 unspecified atom stereocenters. The third-order valence-electron chi connectivity index (χ3n) is 4.81. The number of hydrogen-bond acceptors (Lipinski definition) is 3. The van der Waals surface area contributed by atoms with Crippen LogP contribution in [0.3, 0.4) is 0 Å². The zero-order valence-corrected chi connectivity index (χ0v) is 18.3. The predicted molar refractivity (Wildman–Crippen MR) is 117 cm³/mol. The minimum Gasteiger partial charge on any atom is -0.477 e. The molecular weight excluding hydrogens is 429 g/mol. The maximum absolute atomic E-state index is 12.8. The summed E-state index contributed by atoms with van der Waals surface area (Å²) < 4.78 is 38.5. The van der Waals surface area contributed by atoms with Gasteiger partial charge in [-0.15, -0.1) is 23.1 Å². The van der Waals surface area contributed by atoms with E-state index in [4.69, 9.17) is 5.11 Å². The van der Waals surface area contributed by atoms with Gasteiger partial charge in [-0.1, -0.05) is 19.1 Å². The van der Waals surface area contributed by atoms with Gasteiger partial charge in [0.1, 0.15) is 4.88 Å². The van der Waals surface area contributed by atoms with Gasteiger partial charge in [0, 0.05) is 15.0 Å². The van der Waals surface area contributed by atoms with Crippen molar-refractivity contribution in [2.75, 3.05) is 0 Å². The molecule has 0 aliphatic heterocycles. The van der Waals surface area contributed by atoms with Crippen molar-refractivity contribution in [1.29, 1.82) is 0 Å². The number of carboxylic acid groups (broad SMARTS) is 1. The van der Waals surface area contributed by atoms with E-state index in [1.54, 1.807) is 17.8 Å². The molecule has 1 aromatic heterocycles. The SMILES string of the molecule is CC[C@@H](Sc1cc(C)c(-c2ccc(C(F)(F)F)cc2)c(C)c1)c1ccc(C(=O)O)s1. The largest absolute Gasteiger partial charge is 0.477 e. The van der Waals surface area contributed by atoms with Gasteiger partial charge in [-0.2, -0.15) is 13.2 Å². The first-order chi connectivity index (χ1) is 14.1. The second-order valence-corrected chi connectivity index (χ2v) is 9.42. The number of thiophene rings is 1. The summed E-state index contributed by atoms with van der Waals surface area (Å²) in [5.74, 6) is -0.918. The number of halogens is 3.